The van der Waals surface area contributed by atoms with E-state index in [1.807, 2.05) is 0 Å². The highest BCUT2D eigenvalue weighted by Crippen LogP contribution is 2.15. The maximum atomic E-state index is 9.61. The van der Waals surface area contributed by atoms with E-state index in [1.54, 1.807) is 0 Å². The van der Waals surface area contributed by atoms with Gasteiger partial charge in [0.2, 0.25) is 0 Å². The van der Waals surface area contributed by atoms with Crippen LogP contribution in [0.25, 0.3) is 0 Å². The zero-order valence-electron chi connectivity index (χ0n) is 10.0. The van der Waals surface area contributed by atoms with Crippen molar-refractivity contribution in [3.05, 3.63) is 0 Å². The molecule has 0 aromatic carbocycles. The molecule has 90 valence electrons. The summed E-state index contributed by atoms with van der Waals surface area (Å²) in [5.74, 6) is 0.769. The molecule has 15 heavy (non-hydrogen) atoms. The lowest BCUT2D eigenvalue weighted by Gasteiger charge is -2.23. The summed E-state index contributed by atoms with van der Waals surface area (Å²) in [6, 6.07) is 0. The van der Waals surface area contributed by atoms with Gasteiger partial charge < -0.3 is 20.6 Å². The highest BCUT2D eigenvalue weighted by molar-refractivity contribution is 4.76. The van der Waals surface area contributed by atoms with E-state index in [0.717, 1.165) is 19.0 Å². The monoisotopic (exact) mass is 215 g/mol. The van der Waals surface area contributed by atoms with Gasteiger partial charge in [-0.1, -0.05) is 0 Å². The SMILES string of the molecule is CN1CCC(CN(C)CC(O)CCN)C1. The third-order valence-electron chi connectivity index (χ3n) is 3.08. The minimum Gasteiger partial charge on any atom is -0.392 e. The molecule has 0 amide bonds. The van der Waals surface area contributed by atoms with Crippen LogP contribution in [0.3, 0.4) is 0 Å². The summed E-state index contributed by atoms with van der Waals surface area (Å²) in [4.78, 5) is 4.60. The predicted molar refractivity (Wildman–Crippen MR) is 62.8 cm³/mol. The maximum Gasteiger partial charge on any atom is 0.0679 e. The summed E-state index contributed by atoms with van der Waals surface area (Å²) >= 11 is 0. The molecule has 1 fully saturated rings. The number of likely N-dealkylation sites (N-methyl/N-ethyl adjacent to an activating group) is 1. The standard InChI is InChI=1S/C11H25N3O/c1-13-6-4-10(7-13)8-14(2)9-11(15)3-5-12/h10-11,15H,3-9,12H2,1-2H3. The van der Waals surface area contributed by atoms with Crippen LogP contribution >= 0.6 is 0 Å². The maximum absolute atomic E-state index is 9.61. The van der Waals surface area contributed by atoms with Gasteiger partial charge in [0.05, 0.1) is 6.10 Å². The Hall–Kier alpha value is -0.160. The summed E-state index contributed by atoms with van der Waals surface area (Å²) in [5, 5.41) is 9.61. The predicted octanol–water partition coefficient (Wildman–Crippen LogP) is -0.420. The largest absolute Gasteiger partial charge is 0.392 e. The van der Waals surface area contributed by atoms with Gasteiger partial charge in [0.1, 0.15) is 0 Å². The molecule has 3 N–H and O–H groups in total. The quantitative estimate of drug-likeness (QED) is 0.632. The lowest BCUT2D eigenvalue weighted by molar-refractivity contribution is 0.112. The average Bonchev–Trinajstić information content (AvgIpc) is 2.51. The molecule has 1 aliphatic heterocycles. The molecule has 2 atom stereocenters. The molecule has 1 rings (SSSR count). The third kappa shape index (κ3) is 4.93. The molecular weight excluding hydrogens is 190 g/mol. The summed E-state index contributed by atoms with van der Waals surface area (Å²) in [7, 11) is 4.25. The molecule has 0 aromatic heterocycles. The van der Waals surface area contributed by atoms with Gasteiger partial charge in [0.25, 0.3) is 0 Å². The van der Waals surface area contributed by atoms with Crippen molar-refractivity contribution < 1.29 is 5.11 Å². The van der Waals surface area contributed by atoms with E-state index in [9.17, 15) is 5.11 Å². The van der Waals surface area contributed by atoms with E-state index < -0.39 is 0 Å². The van der Waals surface area contributed by atoms with Gasteiger partial charge in [-0.05, 0) is 45.9 Å². The lowest BCUT2D eigenvalue weighted by atomic mass is 10.1. The van der Waals surface area contributed by atoms with Crippen LogP contribution in [0.4, 0.5) is 0 Å². The molecule has 0 radical (unpaired) electrons. The average molecular weight is 215 g/mol. The second kappa shape index (κ2) is 6.43. The van der Waals surface area contributed by atoms with E-state index in [-0.39, 0.29) is 6.10 Å². The van der Waals surface area contributed by atoms with Crippen molar-refractivity contribution in [1.82, 2.24) is 9.80 Å². The van der Waals surface area contributed by atoms with Crippen LogP contribution < -0.4 is 5.73 Å². The molecule has 0 spiro atoms. The molecular formula is C11H25N3O. The van der Waals surface area contributed by atoms with Gasteiger partial charge in [-0.15, -0.1) is 0 Å². The normalized spacial score (nSPS) is 25.0. The van der Waals surface area contributed by atoms with Crippen molar-refractivity contribution >= 4 is 0 Å². The van der Waals surface area contributed by atoms with Crippen LogP contribution in [0.5, 0.6) is 0 Å². The zero-order valence-corrected chi connectivity index (χ0v) is 10.0. The number of nitrogens with two attached hydrogens (primary N) is 1. The minimum atomic E-state index is -0.265. The molecule has 1 heterocycles. The van der Waals surface area contributed by atoms with Crippen molar-refractivity contribution in [2.75, 3.05) is 46.8 Å². The first kappa shape index (κ1) is 12.9. The first-order valence-corrected chi connectivity index (χ1v) is 5.87. The highest BCUT2D eigenvalue weighted by atomic mass is 16.3. The van der Waals surface area contributed by atoms with Gasteiger partial charge in [-0.25, -0.2) is 0 Å². The molecule has 1 saturated heterocycles. The molecule has 4 heteroatoms. The molecule has 0 aromatic rings. The van der Waals surface area contributed by atoms with Crippen molar-refractivity contribution in [1.29, 1.82) is 0 Å². The Labute approximate surface area is 93.0 Å². The topological polar surface area (TPSA) is 52.7 Å². The van der Waals surface area contributed by atoms with Gasteiger partial charge in [-0.3, -0.25) is 0 Å². The fourth-order valence-corrected chi connectivity index (χ4v) is 2.33. The summed E-state index contributed by atoms with van der Waals surface area (Å²) < 4.78 is 0. The molecule has 0 bridgehead atoms. The van der Waals surface area contributed by atoms with Crippen LogP contribution in [-0.2, 0) is 0 Å². The van der Waals surface area contributed by atoms with Gasteiger partial charge in [0.15, 0.2) is 0 Å². The summed E-state index contributed by atoms with van der Waals surface area (Å²) in [6.07, 6.45) is 1.72. The van der Waals surface area contributed by atoms with E-state index in [2.05, 4.69) is 23.9 Å². The van der Waals surface area contributed by atoms with Crippen LogP contribution in [0.2, 0.25) is 0 Å². The van der Waals surface area contributed by atoms with Crippen molar-refractivity contribution in [2.24, 2.45) is 11.7 Å². The smallest absolute Gasteiger partial charge is 0.0679 e. The Morgan fingerprint density at radius 2 is 2.33 bits per heavy atom. The number of nitrogens with zero attached hydrogens (tertiary/aromatic N) is 2. The Balaban J connectivity index is 2.15. The Morgan fingerprint density at radius 1 is 1.60 bits per heavy atom. The number of hydrogen-bond donors (Lipinski definition) is 2. The van der Waals surface area contributed by atoms with Crippen LogP contribution in [0.15, 0.2) is 0 Å². The van der Waals surface area contributed by atoms with Crippen molar-refractivity contribution in [3.8, 4) is 0 Å². The first-order valence-electron chi connectivity index (χ1n) is 5.87. The van der Waals surface area contributed by atoms with Crippen LogP contribution in [0.1, 0.15) is 12.8 Å². The highest BCUT2D eigenvalue weighted by Gasteiger charge is 2.21. The molecule has 0 aliphatic carbocycles. The zero-order chi connectivity index (χ0) is 11.3. The van der Waals surface area contributed by atoms with Crippen LogP contribution in [0, 0.1) is 5.92 Å². The fourth-order valence-electron chi connectivity index (χ4n) is 2.33. The van der Waals surface area contributed by atoms with E-state index in [4.69, 9.17) is 5.73 Å². The second-order valence-electron chi connectivity index (χ2n) is 4.87. The lowest BCUT2D eigenvalue weighted by Crippen LogP contribution is -2.34. The fraction of sp³-hybridized carbons (Fsp3) is 1.00. The molecule has 0 saturated carbocycles. The van der Waals surface area contributed by atoms with E-state index >= 15 is 0 Å². The number of aliphatic hydroxyl groups excluding tert-OH is 1. The van der Waals surface area contributed by atoms with Crippen molar-refractivity contribution in [3.63, 3.8) is 0 Å². The van der Waals surface area contributed by atoms with Gasteiger partial charge in [-0.2, -0.15) is 0 Å². The van der Waals surface area contributed by atoms with Crippen molar-refractivity contribution in [2.45, 2.75) is 18.9 Å². The Kier molecular flexibility index (Phi) is 5.53. The van der Waals surface area contributed by atoms with Crippen LogP contribution in [-0.4, -0.2) is 67.8 Å². The second-order valence-corrected chi connectivity index (χ2v) is 4.87. The first-order chi connectivity index (χ1) is 7.11. The van der Waals surface area contributed by atoms with Gasteiger partial charge >= 0.3 is 0 Å². The number of aliphatic hydroxyl groups is 1. The molecule has 1 aliphatic rings. The Morgan fingerprint density at radius 3 is 2.87 bits per heavy atom. The Bertz CT molecular complexity index is 177. The summed E-state index contributed by atoms with van der Waals surface area (Å²) in [6.45, 7) is 4.81. The summed E-state index contributed by atoms with van der Waals surface area (Å²) in [5.41, 5.74) is 5.40. The number of likely N-dealkylation sites (tertiary alicyclic amines) is 1. The number of hydrogen-bond acceptors (Lipinski definition) is 4. The van der Waals surface area contributed by atoms with E-state index in [1.165, 1.54) is 19.5 Å². The van der Waals surface area contributed by atoms with Gasteiger partial charge in [0, 0.05) is 19.6 Å². The number of rotatable bonds is 6. The van der Waals surface area contributed by atoms with E-state index in [0.29, 0.717) is 13.0 Å². The molecule has 4 nitrogen and oxygen atoms in total. The minimum absolute atomic E-state index is 0.265. The third-order valence-corrected chi connectivity index (χ3v) is 3.08. The molecule has 2 unspecified atom stereocenters.